The fourth-order valence-corrected chi connectivity index (χ4v) is 6.91. The average molecular weight is 488 g/mol. The number of amides is 1. The summed E-state index contributed by atoms with van der Waals surface area (Å²) >= 11 is 0. The maximum atomic E-state index is 13.1. The van der Waals surface area contributed by atoms with E-state index >= 15 is 0 Å². The number of anilines is 1. The number of sulfone groups is 1. The molecule has 0 spiro atoms. The quantitative estimate of drug-likeness (QED) is 0.585. The zero-order valence-corrected chi connectivity index (χ0v) is 21.1. The highest BCUT2D eigenvalue weighted by Gasteiger charge is 2.32. The molecule has 0 radical (unpaired) electrons. The van der Waals surface area contributed by atoms with E-state index in [9.17, 15) is 13.2 Å². The number of likely N-dealkylation sites (tertiary alicyclic amines) is 1. The van der Waals surface area contributed by atoms with Gasteiger partial charge in [-0.2, -0.15) is 5.10 Å². The van der Waals surface area contributed by atoms with Crippen LogP contribution in [0, 0.1) is 6.92 Å². The van der Waals surface area contributed by atoms with Gasteiger partial charge in [0.2, 0.25) is 5.91 Å². The van der Waals surface area contributed by atoms with Crippen molar-refractivity contribution in [3.8, 4) is 0 Å². The number of hydrogen-bond donors (Lipinski definition) is 1. The van der Waals surface area contributed by atoms with Gasteiger partial charge < -0.3 is 5.32 Å². The van der Waals surface area contributed by atoms with Gasteiger partial charge in [-0.25, -0.2) is 13.1 Å². The highest BCUT2D eigenvalue weighted by atomic mass is 32.2. The molecule has 0 aliphatic carbocycles. The van der Waals surface area contributed by atoms with Crippen molar-refractivity contribution >= 4 is 21.6 Å². The lowest BCUT2D eigenvalue weighted by atomic mass is 10.0. The fraction of sp³-hybridized carbons (Fsp3) is 0.600. The van der Waals surface area contributed by atoms with Crippen molar-refractivity contribution in [1.29, 1.82) is 0 Å². The highest BCUT2D eigenvalue weighted by molar-refractivity contribution is 7.91. The number of hydrogen-bond acceptors (Lipinski definition) is 6. The molecule has 34 heavy (non-hydrogen) atoms. The Morgan fingerprint density at radius 2 is 2.03 bits per heavy atom. The second-order valence-electron chi connectivity index (χ2n) is 9.71. The molecule has 2 saturated heterocycles. The molecule has 8 nitrogen and oxygen atoms in total. The molecule has 1 amide bonds. The number of nitrogens with zero attached hydrogens (tertiary/aromatic N) is 4. The molecule has 0 bridgehead atoms. The van der Waals surface area contributed by atoms with Crippen LogP contribution in [0.3, 0.4) is 0 Å². The molecule has 1 aromatic heterocycles. The minimum atomic E-state index is -3.03. The normalized spacial score (nSPS) is 22.8. The van der Waals surface area contributed by atoms with Crippen molar-refractivity contribution in [3.63, 3.8) is 0 Å². The lowest BCUT2D eigenvalue weighted by Crippen LogP contribution is -2.50. The number of carbonyl (C=O) groups excluding carboxylic acids is 1. The van der Waals surface area contributed by atoms with Crippen molar-refractivity contribution in [2.75, 3.05) is 43.0 Å². The smallest absolute Gasteiger partial charge is 0.239 e. The van der Waals surface area contributed by atoms with E-state index in [2.05, 4.69) is 51.4 Å². The zero-order valence-electron chi connectivity index (χ0n) is 20.3. The summed E-state index contributed by atoms with van der Waals surface area (Å²) < 4.78 is 25.6. The fourth-order valence-electron chi connectivity index (χ4n) is 5.22. The molecule has 2 atom stereocenters. The zero-order chi connectivity index (χ0) is 24.1. The van der Waals surface area contributed by atoms with Crippen LogP contribution in [-0.4, -0.2) is 77.6 Å². The summed E-state index contributed by atoms with van der Waals surface area (Å²) in [6.45, 7) is 8.18. The van der Waals surface area contributed by atoms with Crippen LogP contribution in [-0.2, 0) is 21.2 Å². The number of carbonyl (C=O) groups is 1. The van der Waals surface area contributed by atoms with Crippen LogP contribution in [0.5, 0.6) is 0 Å². The van der Waals surface area contributed by atoms with E-state index in [0.717, 1.165) is 51.1 Å². The molecule has 3 heterocycles. The standard InChI is InChI=1S/C25H37N5O3S/c1-3-12-29(22-10-7-13-28(17-22)16-21-8-5-4-6-9-21)18-25(31)26-24-15-20(2)27-30(24)23-11-14-34(32,33)19-23/h4-6,8-9,15,22-23H,3,7,10-14,16-19H2,1-2H3,(H,26,31)/t22-,23+/m1/s1. The van der Waals surface area contributed by atoms with E-state index in [4.69, 9.17) is 0 Å². The molecule has 2 fully saturated rings. The van der Waals surface area contributed by atoms with Gasteiger partial charge in [-0.15, -0.1) is 0 Å². The molecule has 4 rings (SSSR count). The Morgan fingerprint density at radius 3 is 2.74 bits per heavy atom. The lowest BCUT2D eigenvalue weighted by molar-refractivity contribution is -0.118. The first-order chi connectivity index (χ1) is 16.3. The maximum Gasteiger partial charge on any atom is 0.239 e. The molecule has 9 heteroatoms. The van der Waals surface area contributed by atoms with Gasteiger partial charge in [0.1, 0.15) is 5.82 Å². The number of rotatable bonds is 9. The van der Waals surface area contributed by atoms with Gasteiger partial charge in [-0.05, 0) is 51.3 Å². The minimum Gasteiger partial charge on any atom is -0.310 e. The van der Waals surface area contributed by atoms with Crippen molar-refractivity contribution in [2.45, 2.75) is 58.2 Å². The van der Waals surface area contributed by atoms with Crippen LogP contribution in [0.1, 0.15) is 49.9 Å². The summed E-state index contributed by atoms with van der Waals surface area (Å²) in [6.07, 6.45) is 3.74. The van der Waals surface area contributed by atoms with Crippen LogP contribution in [0.25, 0.3) is 0 Å². The van der Waals surface area contributed by atoms with Gasteiger partial charge in [0.25, 0.3) is 0 Å². The molecule has 2 aromatic rings. The number of nitrogens with one attached hydrogen (secondary N) is 1. The highest BCUT2D eigenvalue weighted by Crippen LogP contribution is 2.27. The van der Waals surface area contributed by atoms with E-state index in [1.54, 1.807) is 4.68 Å². The van der Waals surface area contributed by atoms with E-state index in [1.807, 2.05) is 19.1 Å². The second-order valence-corrected chi connectivity index (χ2v) is 11.9. The molecule has 0 saturated carbocycles. The third-order valence-corrected chi connectivity index (χ3v) is 8.53. The van der Waals surface area contributed by atoms with Crippen LogP contribution < -0.4 is 5.32 Å². The molecule has 2 aliphatic rings. The van der Waals surface area contributed by atoms with Crippen molar-refractivity contribution in [2.24, 2.45) is 0 Å². The molecule has 0 unspecified atom stereocenters. The third-order valence-electron chi connectivity index (χ3n) is 6.78. The van der Waals surface area contributed by atoms with Gasteiger partial charge in [-0.1, -0.05) is 37.3 Å². The summed E-state index contributed by atoms with van der Waals surface area (Å²) in [4.78, 5) is 17.9. The van der Waals surface area contributed by atoms with Crippen LogP contribution >= 0.6 is 0 Å². The van der Waals surface area contributed by atoms with E-state index in [0.29, 0.717) is 24.8 Å². The Hall–Kier alpha value is -2.23. The first kappa shape index (κ1) is 24.9. The summed E-state index contributed by atoms with van der Waals surface area (Å²) in [7, 11) is -3.03. The Morgan fingerprint density at radius 1 is 1.24 bits per heavy atom. The predicted octanol–water partition coefficient (Wildman–Crippen LogP) is 2.87. The summed E-state index contributed by atoms with van der Waals surface area (Å²) in [5, 5.41) is 7.51. The molecular weight excluding hydrogens is 450 g/mol. The molecule has 1 N–H and O–H groups in total. The number of piperidine rings is 1. The number of benzene rings is 1. The summed E-state index contributed by atoms with van der Waals surface area (Å²) in [5.41, 5.74) is 2.09. The van der Waals surface area contributed by atoms with Gasteiger partial charge in [0.05, 0.1) is 29.8 Å². The topological polar surface area (TPSA) is 87.5 Å². The van der Waals surface area contributed by atoms with Crippen LogP contribution in [0.2, 0.25) is 0 Å². The van der Waals surface area contributed by atoms with Crippen LogP contribution in [0.15, 0.2) is 36.4 Å². The maximum absolute atomic E-state index is 13.1. The molecular formula is C25H37N5O3S. The van der Waals surface area contributed by atoms with Gasteiger partial charge in [0, 0.05) is 25.2 Å². The van der Waals surface area contributed by atoms with Gasteiger partial charge in [0.15, 0.2) is 9.84 Å². The Bertz CT molecular complexity index is 1070. The second kappa shape index (κ2) is 11.0. The largest absolute Gasteiger partial charge is 0.310 e. The minimum absolute atomic E-state index is 0.0735. The lowest BCUT2D eigenvalue weighted by Gasteiger charge is -2.39. The van der Waals surface area contributed by atoms with Crippen molar-refractivity contribution < 1.29 is 13.2 Å². The third kappa shape index (κ3) is 6.46. The van der Waals surface area contributed by atoms with E-state index in [1.165, 1.54) is 5.56 Å². The first-order valence-electron chi connectivity index (χ1n) is 12.4. The monoisotopic (exact) mass is 487 g/mol. The van der Waals surface area contributed by atoms with Crippen molar-refractivity contribution in [1.82, 2.24) is 19.6 Å². The van der Waals surface area contributed by atoms with Gasteiger partial charge >= 0.3 is 0 Å². The Kier molecular flexibility index (Phi) is 8.06. The van der Waals surface area contributed by atoms with Crippen LogP contribution in [0.4, 0.5) is 5.82 Å². The first-order valence-corrected chi connectivity index (χ1v) is 14.2. The van der Waals surface area contributed by atoms with E-state index < -0.39 is 9.84 Å². The number of aryl methyl sites for hydroxylation is 1. The average Bonchev–Trinajstić information content (AvgIpc) is 3.35. The van der Waals surface area contributed by atoms with E-state index in [-0.39, 0.29) is 23.5 Å². The summed E-state index contributed by atoms with van der Waals surface area (Å²) in [6, 6.07) is 12.5. The van der Waals surface area contributed by atoms with Gasteiger partial charge in [-0.3, -0.25) is 14.6 Å². The Balaban J connectivity index is 1.39. The molecule has 2 aliphatic heterocycles. The SMILES string of the molecule is CCCN(CC(=O)Nc1cc(C)nn1[C@H]1CCS(=O)(=O)C1)[C@@H]1CCCN(Cc2ccccc2)C1. The van der Waals surface area contributed by atoms with Crippen molar-refractivity contribution in [3.05, 3.63) is 47.7 Å². The molecule has 186 valence electrons. The number of aromatic nitrogens is 2. The Labute approximate surface area is 203 Å². The summed E-state index contributed by atoms with van der Waals surface area (Å²) in [5.74, 6) is 0.777. The molecule has 1 aromatic carbocycles. The predicted molar refractivity (Wildman–Crippen MR) is 135 cm³/mol.